The summed E-state index contributed by atoms with van der Waals surface area (Å²) in [6.45, 7) is 0.161. The largest absolute Gasteiger partial charge is 0.242 e. The molecular weight excluding hydrogens is 261 g/mol. The summed E-state index contributed by atoms with van der Waals surface area (Å²) in [5.41, 5.74) is 0.465. The molecule has 0 radical (unpaired) electrons. The second-order valence-electron chi connectivity index (χ2n) is 2.70. The van der Waals surface area contributed by atoms with E-state index < -0.39 is 15.8 Å². The smallest absolute Gasteiger partial charge is 0.207 e. The minimum Gasteiger partial charge on any atom is -0.207 e. The molecule has 1 heterocycles. The first kappa shape index (κ1) is 9.11. The molecule has 1 aromatic carbocycles. The molecule has 0 unspecified atom stereocenters. The van der Waals surface area contributed by atoms with Gasteiger partial charge in [0.1, 0.15) is 10.7 Å². The Balaban J connectivity index is 2.80. The molecule has 0 aliphatic carbocycles. The van der Waals surface area contributed by atoms with E-state index in [1.807, 2.05) is 0 Å². The van der Waals surface area contributed by atoms with E-state index in [9.17, 15) is 12.8 Å². The Bertz CT molecular complexity index is 472. The average molecular weight is 266 g/mol. The fourth-order valence-corrected chi connectivity index (χ4v) is 3.69. The summed E-state index contributed by atoms with van der Waals surface area (Å²) in [5, 5.41) is 0. The lowest BCUT2D eigenvalue weighted by molar-refractivity contribution is 0.589. The maximum Gasteiger partial charge on any atom is 0.242 e. The Kier molecular flexibility index (Phi) is 1.94. The standard InChI is InChI=1S/C7H5BrFNO2S/c8-6-2-5(9)1-4-3-10-13(11,12)7(4)6/h1-2,10H,3H2. The van der Waals surface area contributed by atoms with Crippen LogP contribution in [-0.4, -0.2) is 8.42 Å². The van der Waals surface area contributed by atoms with Gasteiger partial charge in [-0.1, -0.05) is 0 Å². The van der Waals surface area contributed by atoms with E-state index in [0.717, 1.165) is 6.07 Å². The first-order valence-corrected chi connectivity index (χ1v) is 5.76. The van der Waals surface area contributed by atoms with Gasteiger partial charge < -0.3 is 0 Å². The van der Waals surface area contributed by atoms with Crippen molar-refractivity contribution in [1.29, 1.82) is 0 Å². The van der Waals surface area contributed by atoms with Gasteiger partial charge in [0.15, 0.2) is 0 Å². The fraction of sp³-hybridized carbons (Fsp3) is 0.143. The minimum atomic E-state index is -3.42. The molecule has 0 atom stereocenters. The van der Waals surface area contributed by atoms with Crippen LogP contribution in [0.25, 0.3) is 0 Å². The molecule has 3 nitrogen and oxygen atoms in total. The summed E-state index contributed by atoms with van der Waals surface area (Å²) in [6.07, 6.45) is 0. The lowest BCUT2D eigenvalue weighted by Gasteiger charge is -1.99. The number of benzene rings is 1. The van der Waals surface area contributed by atoms with Crippen molar-refractivity contribution in [2.75, 3.05) is 0 Å². The lowest BCUT2D eigenvalue weighted by Crippen LogP contribution is -2.14. The van der Waals surface area contributed by atoms with Gasteiger partial charge in [0.2, 0.25) is 10.0 Å². The molecule has 0 saturated heterocycles. The second-order valence-corrected chi connectivity index (χ2v) is 5.26. The highest BCUT2D eigenvalue weighted by Gasteiger charge is 2.28. The van der Waals surface area contributed by atoms with Crippen molar-refractivity contribution in [3.63, 3.8) is 0 Å². The van der Waals surface area contributed by atoms with Crippen molar-refractivity contribution >= 4 is 26.0 Å². The van der Waals surface area contributed by atoms with Gasteiger partial charge in [-0.3, -0.25) is 0 Å². The van der Waals surface area contributed by atoms with Crippen molar-refractivity contribution in [3.05, 3.63) is 28.0 Å². The molecule has 1 aliphatic heterocycles. The second kappa shape index (κ2) is 2.76. The topological polar surface area (TPSA) is 46.2 Å². The van der Waals surface area contributed by atoms with Gasteiger partial charge in [-0.15, -0.1) is 0 Å². The summed E-state index contributed by atoms with van der Waals surface area (Å²) in [6, 6.07) is 2.36. The van der Waals surface area contributed by atoms with Crippen LogP contribution in [-0.2, 0) is 16.6 Å². The third kappa shape index (κ3) is 1.38. The Morgan fingerprint density at radius 2 is 2.15 bits per heavy atom. The molecule has 1 aromatic rings. The van der Waals surface area contributed by atoms with Crippen LogP contribution in [0.2, 0.25) is 0 Å². The predicted octanol–water partition coefficient (Wildman–Crippen LogP) is 1.38. The van der Waals surface area contributed by atoms with E-state index in [-0.39, 0.29) is 15.9 Å². The van der Waals surface area contributed by atoms with E-state index in [0.29, 0.717) is 5.56 Å². The zero-order valence-electron chi connectivity index (χ0n) is 6.34. The summed E-state index contributed by atoms with van der Waals surface area (Å²) in [4.78, 5) is 0.147. The Morgan fingerprint density at radius 1 is 1.46 bits per heavy atom. The predicted molar refractivity (Wildman–Crippen MR) is 48.1 cm³/mol. The van der Waals surface area contributed by atoms with Gasteiger partial charge in [-0.2, -0.15) is 0 Å². The molecule has 1 N–H and O–H groups in total. The Morgan fingerprint density at radius 3 is 2.85 bits per heavy atom. The highest BCUT2D eigenvalue weighted by Crippen LogP contribution is 2.30. The number of nitrogens with one attached hydrogen (secondary N) is 1. The van der Waals surface area contributed by atoms with Crippen molar-refractivity contribution in [2.24, 2.45) is 0 Å². The molecular formula is C7H5BrFNO2S. The van der Waals surface area contributed by atoms with Crippen LogP contribution in [0.3, 0.4) is 0 Å². The van der Waals surface area contributed by atoms with Gasteiger partial charge in [0, 0.05) is 11.0 Å². The normalized spacial score (nSPS) is 18.6. The van der Waals surface area contributed by atoms with Crippen molar-refractivity contribution in [3.8, 4) is 0 Å². The maximum absolute atomic E-state index is 12.8. The zero-order chi connectivity index (χ0) is 9.64. The van der Waals surface area contributed by atoms with Gasteiger partial charge in [0.25, 0.3) is 0 Å². The highest BCUT2D eigenvalue weighted by atomic mass is 79.9. The summed E-state index contributed by atoms with van der Waals surface area (Å²) < 4.78 is 38.0. The van der Waals surface area contributed by atoms with Crippen LogP contribution in [0.4, 0.5) is 4.39 Å². The van der Waals surface area contributed by atoms with Gasteiger partial charge >= 0.3 is 0 Å². The quantitative estimate of drug-likeness (QED) is 0.771. The highest BCUT2D eigenvalue weighted by molar-refractivity contribution is 9.10. The van der Waals surface area contributed by atoms with E-state index in [2.05, 4.69) is 20.7 Å². The number of sulfonamides is 1. The van der Waals surface area contributed by atoms with Crippen LogP contribution in [0.5, 0.6) is 0 Å². The number of halogens is 2. The van der Waals surface area contributed by atoms with E-state index >= 15 is 0 Å². The third-order valence-corrected chi connectivity index (χ3v) is 4.24. The average Bonchev–Trinajstić information content (AvgIpc) is 2.26. The van der Waals surface area contributed by atoms with E-state index in [1.54, 1.807) is 0 Å². The maximum atomic E-state index is 12.8. The molecule has 0 spiro atoms. The van der Waals surface area contributed by atoms with Gasteiger partial charge in [-0.05, 0) is 33.6 Å². The Hall–Kier alpha value is -0.460. The SMILES string of the molecule is O=S1(=O)NCc2cc(F)cc(Br)c21. The summed E-state index contributed by atoms with van der Waals surface area (Å²) in [7, 11) is -3.42. The molecule has 0 fully saturated rings. The zero-order valence-corrected chi connectivity index (χ0v) is 8.74. The molecule has 0 bridgehead atoms. The van der Waals surface area contributed by atoms with Crippen LogP contribution < -0.4 is 4.72 Å². The van der Waals surface area contributed by atoms with E-state index in [1.165, 1.54) is 6.07 Å². The molecule has 2 rings (SSSR count). The van der Waals surface area contributed by atoms with Crippen molar-refractivity contribution < 1.29 is 12.8 Å². The fourth-order valence-electron chi connectivity index (χ4n) is 1.29. The number of rotatable bonds is 0. The first-order valence-electron chi connectivity index (χ1n) is 3.48. The van der Waals surface area contributed by atoms with Crippen LogP contribution >= 0.6 is 15.9 Å². The lowest BCUT2D eigenvalue weighted by atomic mass is 10.2. The Labute approximate surface area is 83.1 Å². The molecule has 0 amide bonds. The van der Waals surface area contributed by atoms with Crippen molar-refractivity contribution in [2.45, 2.75) is 11.4 Å². The molecule has 0 saturated carbocycles. The van der Waals surface area contributed by atoms with E-state index in [4.69, 9.17) is 0 Å². The van der Waals surface area contributed by atoms with Gasteiger partial charge in [-0.25, -0.2) is 17.5 Å². The first-order chi connectivity index (χ1) is 6.00. The number of hydrogen-bond acceptors (Lipinski definition) is 2. The van der Waals surface area contributed by atoms with Crippen molar-refractivity contribution in [1.82, 2.24) is 4.72 Å². The van der Waals surface area contributed by atoms with Crippen LogP contribution in [0.15, 0.2) is 21.5 Å². The van der Waals surface area contributed by atoms with Crippen LogP contribution in [0, 0.1) is 5.82 Å². The number of fused-ring (bicyclic) bond motifs is 1. The summed E-state index contributed by atoms with van der Waals surface area (Å²) in [5.74, 6) is -0.440. The molecule has 6 heteroatoms. The minimum absolute atomic E-state index is 0.147. The van der Waals surface area contributed by atoms with Gasteiger partial charge in [0.05, 0.1) is 0 Å². The molecule has 70 valence electrons. The monoisotopic (exact) mass is 265 g/mol. The molecule has 1 aliphatic rings. The van der Waals surface area contributed by atoms with Crippen LogP contribution in [0.1, 0.15) is 5.56 Å². The third-order valence-electron chi connectivity index (χ3n) is 1.81. The number of hydrogen-bond donors (Lipinski definition) is 1. The molecule has 13 heavy (non-hydrogen) atoms. The molecule has 0 aromatic heterocycles. The summed E-state index contributed by atoms with van der Waals surface area (Å²) >= 11 is 3.01.